The monoisotopic (exact) mass is 236 g/mol. The molecule has 1 aliphatic heterocycles. The minimum Gasteiger partial charge on any atom is -0.496 e. The molecular formula is C12H16N2O3. The van der Waals surface area contributed by atoms with Gasteiger partial charge in [0, 0.05) is 18.8 Å². The zero-order chi connectivity index (χ0) is 12.4. The highest BCUT2D eigenvalue weighted by Gasteiger charge is 2.27. The smallest absolute Gasteiger partial charge is 0.257 e. The standard InChI is InChI=1S/C12H16N2O3/c1-17-11-3-2-8(13)6-10(11)12(16)14-5-4-9(15)7-14/h2-3,6,9,15H,4-5,7,13H2,1H3/t9-/m1/s1. The molecule has 1 saturated heterocycles. The third kappa shape index (κ3) is 2.34. The van der Waals surface area contributed by atoms with Crippen molar-refractivity contribution in [3.8, 4) is 5.75 Å². The number of rotatable bonds is 2. The molecule has 1 fully saturated rings. The Morgan fingerprint density at radius 2 is 2.35 bits per heavy atom. The number of nitrogens with two attached hydrogens (primary N) is 1. The Labute approximate surface area is 99.8 Å². The number of nitrogens with zero attached hydrogens (tertiary/aromatic N) is 1. The molecular weight excluding hydrogens is 220 g/mol. The molecule has 0 aromatic heterocycles. The van der Waals surface area contributed by atoms with E-state index in [-0.39, 0.29) is 5.91 Å². The second-order valence-corrected chi connectivity index (χ2v) is 4.15. The van der Waals surface area contributed by atoms with Crippen LogP contribution in [-0.2, 0) is 0 Å². The lowest BCUT2D eigenvalue weighted by Gasteiger charge is -2.17. The van der Waals surface area contributed by atoms with Crippen LogP contribution in [0.2, 0.25) is 0 Å². The van der Waals surface area contributed by atoms with Crippen molar-refractivity contribution in [2.24, 2.45) is 0 Å². The van der Waals surface area contributed by atoms with Crippen LogP contribution >= 0.6 is 0 Å². The number of aliphatic hydroxyl groups is 1. The minimum atomic E-state index is -0.425. The van der Waals surface area contributed by atoms with Crippen LogP contribution in [0.4, 0.5) is 5.69 Å². The number of benzene rings is 1. The van der Waals surface area contributed by atoms with Crippen LogP contribution in [0.5, 0.6) is 5.75 Å². The summed E-state index contributed by atoms with van der Waals surface area (Å²) >= 11 is 0. The Morgan fingerprint density at radius 1 is 1.59 bits per heavy atom. The first-order valence-electron chi connectivity index (χ1n) is 5.52. The first-order chi connectivity index (χ1) is 8.11. The van der Waals surface area contributed by atoms with E-state index in [0.717, 1.165) is 0 Å². The van der Waals surface area contributed by atoms with Crippen molar-refractivity contribution in [1.82, 2.24) is 4.90 Å². The largest absolute Gasteiger partial charge is 0.496 e. The Morgan fingerprint density at radius 3 is 2.94 bits per heavy atom. The molecule has 17 heavy (non-hydrogen) atoms. The second-order valence-electron chi connectivity index (χ2n) is 4.15. The average Bonchev–Trinajstić information content (AvgIpc) is 2.75. The van der Waals surface area contributed by atoms with Gasteiger partial charge in [0.25, 0.3) is 5.91 Å². The van der Waals surface area contributed by atoms with Gasteiger partial charge in [-0.1, -0.05) is 0 Å². The van der Waals surface area contributed by atoms with Gasteiger partial charge in [-0.25, -0.2) is 0 Å². The van der Waals surface area contributed by atoms with E-state index in [2.05, 4.69) is 0 Å². The van der Waals surface area contributed by atoms with Crippen molar-refractivity contribution in [1.29, 1.82) is 0 Å². The van der Waals surface area contributed by atoms with Crippen LogP contribution in [0, 0.1) is 0 Å². The molecule has 0 unspecified atom stereocenters. The van der Waals surface area contributed by atoms with Crippen molar-refractivity contribution >= 4 is 11.6 Å². The number of methoxy groups -OCH3 is 1. The maximum atomic E-state index is 12.2. The summed E-state index contributed by atoms with van der Waals surface area (Å²) in [6.07, 6.45) is 0.196. The van der Waals surface area contributed by atoms with Gasteiger partial charge in [-0.2, -0.15) is 0 Å². The SMILES string of the molecule is COc1ccc(N)cc1C(=O)N1CC[C@@H](O)C1. The summed E-state index contributed by atoms with van der Waals surface area (Å²) in [6, 6.07) is 4.97. The molecule has 0 saturated carbocycles. The predicted molar refractivity (Wildman–Crippen MR) is 63.9 cm³/mol. The number of anilines is 1. The van der Waals surface area contributed by atoms with Gasteiger partial charge >= 0.3 is 0 Å². The molecule has 0 spiro atoms. The normalized spacial score (nSPS) is 19.4. The van der Waals surface area contributed by atoms with Crippen LogP contribution in [0.1, 0.15) is 16.8 Å². The summed E-state index contributed by atoms with van der Waals surface area (Å²) < 4.78 is 5.14. The summed E-state index contributed by atoms with van der Waals surface area (Å²) in [7, 11) is 1.52. The summed E-state index contributed by atoms with van der Waals surface area (Å²) in [5.41, 5.74) is 6.64. The molecule has 3 N–H and O–H groups in total. The number of hydrogen-bond donors (Lipinski definition) is 2. The fraction of sp³-hybridized carbons (Fsp3) is 0.417. The van der Waals surface area contributed by atoms with Gasteiger partial charge in [-0.3, -0.25) is 4.79 Å². The lowest BCUT2D eigenvalue weighted by Crippen LogP contribution is -2.29. The molecule has 1 aliphatic rings. The van der Waals surface area contributed by atoms with Crippen molar-refractivity contribution in [2.75, 3.05) is 25.9 Å². The Bertz CT molecular complexity index is 434. The number of ether oxygens (including phenoxy) is 1. The summed E-state index contributed by atoms with van der Waals surface area (Å²) in [4.78, 5) is 13.8. The number of carbonyl (C=O) groups is 1. The van der Waals surface area contributed by atoms with Crippen LogP contribution in [0.3, 0.4) is 0 Å². The zero-order valence-corrected chi connectivity index (χ0v) is 9.72. The number of likely N-dealkylation sites (tertiary alicyclic amines) is 1. The highest BCUT2D eigenvalue weighted by Crippen LogP contribution is 2.24. The van der Waals surface area contributed by atoms with E-state index in [1.807, 2.05) is 0 Å². The topological polar surface area (TPSA) is 75.8 Å². The molecule has 1 aromatic carbocycles. The Kier molecular flexibility index (Phi) is 3.19. The van der Waals surface area contributed by atoms with E-state index in [0.29, 0.717) is 36.5 Å². The van der Waals surface area contributed by atoms with E-state index in [9.17, 15) is 9.90 Å². The Balaban J connectivity index is 2.26. The van der Waals surface area contributed by atoms with E-state index >= 15 is 0 Å². The number of β-amino-alcohol motifs (C(OH)–C–C–N with tert-alkyl or cyclic N) is 1. The molecule has 92 valence electrons. The lowest BCUT2D eigenvalue weighted by molar-refractivity contribution is 0.0761. The lowest BCUT2D eigenvalue weighted by atomic mass is 10.1. The fourth-order valence-corrected chi connectivity index (χ4v) is 1.99. The van der Waals surface area contributed by atoms with Gasteiger partial charge in [0.05, 0.1) is 18.8 Å². The fourth-order valence-electron chi connectivity index (χ4n) is 1.99. The minimum absolute atomic E-state index is 0.147. The zero-order valence-electron chi connectivity index (χ0n) is 9.72. The summed E-state index contributed by atoms with van der Waals surface area (Å²) in [5, 5.41) is 9.43. The third-order valence-electron chi connectivity index (χ3n) is 2.90. The first-order valence-corrected chi connectivity index (χ1v) is 5.52. The molecule has 5 heteroatoms. The van der Waals surface area contributed by atoms with Gasteiger partial charge < -0.3 is 20.5 Å². The van der Waals surface area contributed by atoms with Crippen LogP contribution in [-0.4, -0.2) is 42.2 Å². The van der Waals surface area contributed by atoms with E-state index in [4.69, 9.17) is 10.5 Å². The number of aliphatic hydroxyl groups excluding tert-OH is 1. The quantitative estimate of drug-likeness (QED) is 0.732. The predicted octanol–water partition coefficient (Wildman–Crippen LogP) is 0.484. The first kappa shape index (κ1) is 11.7. The van der Waals surface area contributed by atoms with Gasteiger partial charge in [-0.05, 0) is 24.6 Å². The van der Waals surface area contributed by atoms with Crippen LogP contribution < -0.4 is 10.5 Å². The van der Waals surface area contributed by atoms with Crippen molar-refractivity contribution in [3.05, 3.63) is 23.8 Å². The molecule has 1 atom stereocenters. The van der Waals surface area contributed by atoms with Crippen LogP contribution in [0.25, 0.3) is 0 Å². The third-order valence-corrected chi connectivity index (χ3v) is 2.90. The highest BCUT2D eigenvalue weighted by molar-refractivity contribution is 5.98. The molecule has 1 amide bonds. The number of amides is 1. The maximum Gasteiger partial charge on any atom is 0.257 e. The summed E-state index contributed by atoms with van der Waals surface area (Å²) in [6.45, 7) is 0.939. The summed E-state index contributed by atoms with van der Waals surface area (Å²) in [5.74, 6) is 0.358. The number of hydrogen-bond acceptors (Lipinski definition) is 4. The van der Waals surface area contributed by atoms with Crippen molar-refractivity contribution < 1.29 is 14.6 Å². The molecule has 5 nitrogen and oxygen atoms in total. The van der Waals surface area contributed by atoms with Gasteiger partial charge in [-0.15, -0.1) is 0 Å². The van der Waals surface area contributed by atoms with E-state index in [1.165, 1.54) is 7.11 Å². The second kappa shape index (κ2) is 4.63. The maximum absolute atomic E-state index is 12.2. The molecule has 1 heterocycles. The van der Waals surface area contributed by atoms with E-state index in [1.54, 1.807) is 23.1 Å². The average molecular weight is 236 g/mol. The highest BCUT2D eigenvalue weighted by atomic mass is 16.5. The molecule has 0 radical (unpaired) electrons. The molecule has 0 bridgehead atoms. The van der Waals surface area contributed by atoms with Gasteiger partial charge in [0.1, 0.15) is 5.75 Å². The number of nitrogen functional groups attached to an aromatic ring is 1. The molecule has 1 aromatic rings. The number of carbonyl (C=O) groups excluding carboxylic acids is 1. The molecule has 2 rings (SSSR count). The molecule has 0 aliphatic carbocycles. The van der Waals surface area contributed by atoms with Crippen molar-refractivity contribution in [3.63, 3.8) is 0 Å². The van der Waals surface area contributed by atoms with Gasteiger partial charge in [0.2, 0.25) is 0 Å². The van der Waals surface area contributed by atoms with Gasteiger partial charge in [0.15, 0.2) is 0 Å². The van der Waals surface area contributed by atoms with Crippen molar-refractivity contribution in [2.45, 2.75) is 12.5 Å². The Hall–Kier alpha value is -1.75. The van der Waals surface area contributed by atoms with E-state index < -0.39 is 6.10 Å². The van der Waals surface area contributed by atoms with Crippen LogP contribution in [0.15, 0.2) is 18.2 Å².